The van der Waals surface area contributed by atoms with E-state index in [1.807, 2.05) is 29.2 Å². The molecule has 2 rings (SSSR count). The molecule has 0 saturated carbocycles. The first-order valence-corrected chi connectivity index (χ1v) is 7.58. The van der Waals surface area contributed by atoms with Crippen molar-refractivity contribution in [3.63, 3.8) is 0 Å². The van der Waals surface area contributed by atoms with Crippen LogP contribution in [0.25, 0.3) is 0 Å². The van der Waals surface area contributed by atoms with Gasteiger partial charge in [-0.3, -0.25) is 4.79 Å². The molecule has 1 aromatic carbocycles. The molecule has 1 saturated heterocycles. The Morgan fingerprint density at radius 2 is 2.00 bits per heavy atom. The molecule has 1 amide bonds. The molecule has 108 valence electrons. The molecule has 0 aromatic heterocycles. The lowest BCUT2D eigenvalue weighted by molar-refractivity contribution is -0.135. The van der Waals surface area contributed by atoms with Crippen molar-refractivity contribution >= 4 is 23.1 Å². The maximum atomic E-state index is 12.4. The fourth-order valence-electron chi connectivity index (χ4n) is 2.75. The van der Waals surface area contributed by atoms with Crippen LogP contribution < -0.4 is 5.73 Å². The van der Waals surface area contributed by atoms with Crippen molar-refractivity contribution in [2.45, 2.75) is 39.2 Å². The second-order valence-corrected chi connectivity index (χ2v) is 6.13. The van der Waals surface area contributed by atoms with Crippen LogP contribution >= 0.6 is 12.2 Å². The molecule has 2 atom stereocenters. The van der Waals surface area contributed by atoms with Crippen molar-refractivity contribution in [1.29, 1.82) is 0 Å². The number of hydrogen-bond acceptors (Lipinski definition) is 2. The van der Waals surface area contributed by atoms with E-state index in [1.165, 1.54) is 6.42 Å². The molecule has 20 heavy (non-hydrogen) atoms. The fraction of sp³-hybridized carbons (Fsp3) is 0.500. The highest BCUT2D eigenvalue weighted by molar-refractivity contribution is 7.80. The number of likely N-dealkylation sites (tertiary alicyclic amines) is 1. The van der Waals surface area contributed by atoms with Gasteiger partial charge in [0.15, 0.2) is 0 Å². The van der Waals surface area contributed by atoms with E-state index in [2.05, 4.69) is 13.8 Å². The lowest BCUT2D eigenvalue weighted by atomic mass is 9.91. The molecule has 0 spiro atoms. The summed E-state index contributed by atoms with van der Waals surface area (Å²) >= 11 is 4.93. The number of hydrogen-bond donors (Lipinski definition) is 1. The fourth-order valence-corrected chi connectivity index (χ4v) is 2.89. The Bertz CT molecular complexity index is 498. The third-order valence-electron chi connectivity index (χ3n) is 4.29. The molecule has 1 heterocycles. The molecule has 0 aliphatic carbocycles. The van der Waals surface area contributed by atoms with E-state index in [0.717, 1.165) is 24.1 Å². The van der Waals surface area contributed by atoms with Gasteiger partial charge in [-0.1, -0.05) is 43.4 Å². The maximum Gasteiger partial charge on any atom is 0.227 e. The summed E-state index contributed by atoms with van der Waals surface area (Å²) in [7, 11) is 0. The van der Waals surface area contributed by atoms with Gasteiger partial charge in [-0.05, 0) is 31.2 Å². The summed E-state index contributed by atoms with van der Waals surface area (Å²) in [5, 5.41) is 0. The van der Waals surface area contributed by atoms with Gasteiger partial charge in [0.2, 0.25) is 5.91 Å². The molecule has 0 radical (unpaired) electrons. The Morgan fingerprint density at radius 3 is 2.60 bits per heavy atom. The molecule has 0 bridgehead atoms. The zero-order chi connectivity index (χ0) is 14.7. The van der Waals surface area contributed by atoms with Crippen molar-refractivity contribution in [3.8, 4) is 0 Å². The predicted molar refractivity (Wildman–Crippen MR) is 85.6 cm³/mol. The summed E-state index contributed by atoms with van der Waals surface area (Å²) in [5.41, 5.74) is 7.43. The molecule has 4 heteroatoms. The van der Waals surface area contributed by atoms with Gasteiger partial charge in [-0.25, -0.2) is 0 Å². The second kappa shape index (κ2) is 6.35. The van der Waals surface area contributed by atoms with E-state index in [9.17, 15) is 4.79 Å². The second-order valence-electron chi connectivity index (χ2n) is 5.69. The summed E-state index contributed by atoms with van der Waals surface area (Å²) in [5.74, 6) is 0.803. The van der Waals surface area contributed by atoms with Crippen molar-refractivity contribution in [2.24, 2.45) is 11.7 Å². The molecule has 1 aromatic rings. The molecule has 2 N–H and O–H groups in total. The van der Waals surface area contributed by atoms with Crippen LogP contribution in [0.3, 0.4) is 0 Å². The smallest absolute Gasteiger partial charge is 0.227 e. The van der Waals surface area contributed by atoms with Gasteiger partial charge in [0.1, 0.15) is 4.99 Å². The van der Waals surface area contributed by atoms with E-state index in [4.69, 9.17) is 18.0 Å². The number of nitrogens with zero attached hydrogens (tertiary/aromatic N) is 1. The Labute approximate surface area is 126 Å². The van der Waals surface area contributed by atoms with Gasteiger partial charge in [-0.2, -0.15) is 0 Å². The zero-order valence-electron chi connectivity index (χ0n) is 12.1. The quantitative estimate of drug-likeness (QED) is 0.870. The maximum absolute atomic E-state index is 12.4. The molecule has 1 fully saturated rings. The minimum Gasteiger partial charge on any atom is -0.389 e. The van der Waals surface area contributed by atoms with E-state index in [0.29, 0.717) is 23.4 Å². The van der Waals surface area contributed by atoms with Crippen molar-refractivity contribution in [3.05, 3.63) is 35.4 Å². The molecule has 1 aliphatic rings. The molecule has 3 nitrogen and oxygen atoms in total. The van der Waals surface area contributed by atoms with Gasteiger partial charge < -0.3 is 10.6 Å². The Morgan fingerprint density at radius 1 is 1.35 bits per heavy atom. The number of carbonyl (C=O) groups excluding carboxylic acids is 1. The van der Waals surface area contributed by atoms with Gasteiger partial charge in [-0.15, -0.1) is 0 Å². The average Bonchev–Trinajstić information content (AvgIpc) is 2.42. The molecule has 1 aliphatic heterocycles. The summed E-state index contributed by atoms with van der Waals surface area (Å²) in [6.45, 7) is 5.26. The standard InChI is InChI=1S/C16H22N2OS/c1-11-4-3-9-18(12(11)2)15(19)10-13-5-7-14(8-6-13)16(17)20/h5-8,11-12H,3-4,9-10H2,1-2H3,(H2,17,20). The first-order chi connectivity index (χ1) is 9.49. The highest BCUT2D eigenvalue weighted by atomic mass is 32.1. The first-order valence-electron chi connectivity index (χ1n) is 7.17. The van der Waals surface area contributed by atoms with Crippen LogP contribution in [0.15, 0.2) is 24.3 Å². The summed E-state index contributed by atoms with van der Waals surface area (Å²) in [4.78, 5) is 14.8. The minimum atomic E-state index is 0.215. The van der Waals surface area contributed by atoms with Crippen LogP contribution in [0, 0.1) is 5.92 Å². The number of piperidine rings is 1. The summed E-state index contributed by atoms with van der Waals surface area (Å²) < 4.78 is 0. The predicted octanol–water partition coefficient (Wildman–Crippen LogP) is 2.51. The van der Waals surface area contributed by atoms with Crippen LogP contribution in [-0.2, 0) is 11.2 Å². The van der Waals surface area contributed by atoms with Gasteiger partial charge >= 0.3 is 0 Å². The lowest BCUT2D eigenvalue weighted by Gasteiger charge is -2.38. The number of thiocarbonyl (C=S) groups is 1. The molecular formula is C16H22N2OS. The monoisotopic (exact) mass is 290 g/mol. The Balaban J connectivity index is 2.02. The molecule has 2 unspecified atom stereocenters. The number of carbonyl (C=O) groups is 1. The summed E-state index contributed by atoms with van der Waals surface area (Å²) in [6.07, 6.45) is 2.78. The lowest BCUT2D eigenvalue weighted by Crippen LogP contribution is -2.46. The number of nitrogens with two attached hydrogens (primary N) is 1. The largest absolute Gasteiger partial charge is 0.389 e. The summed E-state index contributed by atoms with van der Waals surface area (Å²) in [6, 6.07) is 7.97. The van der Waals surface area contributed by atoms with E-state index >= 15 is 0 Å². The molecular weight excluding hydrogens is 268 g/mol. The van der Waals surface area contributed by atoms with Crippen molar-refractivity contribution in [2.75, 3.05) is 6.54 Å². The van der Waals surface area contributed by atoms with Crippen molar-refractivity contribution in [1.82, 2.24) is 4.90 Å². The topological polar surface area (TPSA) is 46.3 Å². The van der Waals surface area contributed by atoms with Gasteiger partial charge in [0.25, 0.3) is 0 Å². The van der Waals surface area contributed by atoms with Crippen LogP contribution in [0.2, 0.25) is 0 Å². The Hall–Kier alpha value is -1.42. The van der Waals surface area contributed by atoms with Crippen LogP contribution in [0.5, 0.6) is 0 Å². The highest BCUT2D eigenvalue weighted by Gasteiger charge is 2.28. The van der Waals surface area contributed by atoms with Crippen LogP contribution in [-0.4, -0.2) is 28.4 Å². The minimum absolute atomic E-state index is 0.215. The highest BCUT2D eigenvalue weighted by Crippen LogP contribution is 2.23. The Kier molecular flexibility index (Phi) is 4.76. The average molecular weight is 290 g/mol. The number of benzene rings is 1. The normalized spacial score (nSPS) is 22.6. The number of amides is 1. The van der Waals surface area contributed by atoms with E-state index in [1.54, 1.807) is 0 Å². The first kappa shape index (κ1) is 15.0. The SMILES string of the molecule is CC1CCCN(C(=O)Cc2ccc(C(N)=S)cc2)C1C. The number of rotatable bonds is 3. The van der Waals surface area contributed by atoms with Crippen molar-refractivity contribution < 1.29 is 4.79 Å². The van der Waals surface area contributed by atoms with Gasteiger partial charge in [0.05, 0.1) is 6.42 Å². The van der Waals surface area contributed by atoms with E-state index < -0.39 is 0 Å². The third kappa shape index (κ3) is 3.37. The zero-order valence-corrected chi connectivity index (χ0v) is 13.0. The van der Waals surface area contributed by atoms with Gasteiger partial charge in [0, 0.05) is 18.2 Å². The van der Waals surface area contributed by atoms with Crippen LogP contribution in [0.4, 0.5) is 0 Å². The van der Waals surface area contributed by atoms with E-state index in [-0.39, 0.29) is 5.91 Å². The van der Waals surface area contributed by atoms with Crippen LogP contribution in [0.1, 0.15) is 37.8 Å². The third-order valence-corrected chi connectivity index (χ3v) is 4.52.